The molecule has 0 radical (unpaired) electrons. The van der Waals surface area contributed by atoms with Gasteiger partial charge in [-0.3, -0.25) is 9.59 Å². The number of anilines is 1. The molecular formula is C16H22N2O3. The van der Waals surface area contributed by atoms with Gasteiger partial charge < -0.3 is 14.9 Å². The number of rotatable bonds is 6. The smallest absolute Gasteiger partial charge is 0.323 e. The van der Waals surface area contributed by atoms with Gasteiger partial charge in [0, 0.05) is 18.7 Å². The average Bonchev–Trinajstić information content (AvgIpc) is 2.96. The molecule has 0 unspecified atom stereocenters. The number of hydrogen-bond acceptors (Lipinski definition) is 3. The van der Waals surface area contributed by atoms with E-state index < -0.39 is 5.97 Å². The first-order valence-corrected chi connectivity index (χ1v) is 7.37. The summed E-state index contributed by atoms with van der Waals surface area (Å²) in [6.07, 6.45) is 2.73. The number of aryl methyl sites for hydroxylation is 1. The lowest BCUT2D eigenvalue weighted by atomic mass is 10.2. The maximum Gasteiger partial charge on any atom is 0.323 e. The molecule has 0 atom stereocenters. The highest BCUT2D eigenvalue weighted by Gasteiger charge is 2.20. The maximum atomic E-state index is 12.4. The van der Waals surface area contributed by atoms with Gasteiger partial charge >= 0.3 is 5.97 Å². The van der Waals surface area contributed by atoms with Crippen LogP contribution in [0.4, 0.5) is 5.69 Å². The largest absolute Gasteiger partial charge is 0.480 e. The summed E-state index contributed by atoms with van der Waals surface area (Å²) >= 11 is 0. The van der Waals surface area contributed by atoms with Gasteiger partial charge in [-0.15, -0.1) is 0 Å². The summed E-state index contributed by atoms with van der Waals surface area (Å²) in [5.74, 6) is -1.13. The second kappa shape index (κ2) is 7.22. The number of carboxylic acid groups (broad SMARTS) is 1. The lowest BCUT2D eigenvalue weighted by Crippen LogP contribution is -2.37. The normalized spacial score (nSPS) is 15.1. The molecule has 1 aliphatic heterocycles. The molecule has 1 N–H and O–H groups in total. The summed E-state index contributed by atoms with van der Waals surface area (Å²) < 4.78 is 0. The number of aliphatic carboxylic acids is 1. The molecule has 1 amide bonds. The van der Waals surface area contributed by atoms with Crippen molar-refractivity contribution in [3.8, 4) is 0 Å². The molecule has 1 aromatic rings. The van der Waals surface area contributed by atoms with Gasteiger partial charge in [0.25, 0.3) is 0 Å². The third-order valence-corrected chi connectivity index (χ3v) is 3.78. The fraction of sp³-hybridized carbons (Fsp3) is 0.500. The Morgan fingerprint density at radius 3 is 2.38 bits per heavy atom. The zero-order chi connectivity index (χ0) is 15.2. The van der Waals surface area contributed by atoms with Crippen molar-refractivity contribution in [2.24, 2.45) is 0 Å². The topological polar surface area (TPSA) is 60.9 Å². The highest BCUT2D eigenvalue weighted by molar-refractivity contribution is 5.97. The molecule has 114 valence electrons. The van der Waals surface area contributed by atoms with Crippen molar-refractivity contribution in [1.29, 1.82) is 0 Å². The van der Waals surface area contributed by atoms with E-state index in [2.05, 4.69) is 4.90 Å². The molecule has 5 nitrogen and oxygen atoms in total. The van der Waals surface area contributed by atoms with Crippen LogP contribution in [0.25, 0.3) is 0 Å². The minimum Gasteiger partial charge on any atom is -0.480 e. The van der Waals surface area contributed by atoms with Crippen LogP contribution in [0.15, 0.2) is 24.3 Å². The van der Waals surface area contributed by atoms with Gasteiger partial charge in [-0.05, 0) is 45.0 Å². The summed E-state index contributed by atoms with van der Waals surface area (Å²) in [5, 5.41) is 9.02. The van der Waals surface area contributed by atoms with Gasteiger partial charge in [-0.1, -0.05) is 17.7 Å². The zero-order valence-electron chi connectivity index (χ0n) is 12.4. The van der Waals surface area contributed by atoms with Crippen molar-refractivity contribution in [1.82, 2.24) is 4.90 Å². The van der Waals surface area contributed by atoms with E-state index >= 15 is 0 Å². The lowest BCUT2D eigenvalue weighted by Gasteiger charge is -2.22. The molecule has 5 heteroatoms. The second-order valence-corrected chi connectivity index (χ2v) is 5.51. The monoisotopic (exact) mass is 290 g/mol. The summed E-state index contributed by atoms with van der Waals surface area (Å²) in [6.45, 7) is 4.46. The van der Waals surface area contributed by atoms with Crippen LogP contribution in [0.2, 0.25) is 0 Å². The summed E-state index contributed by atoms with van der Waals surface area (Å²) in [5.41, 5.74) is 1.73. The van der Waals surface area contributed by atoms with Crippen LogP contribution in [0, 0.1) is 6.92 Å². The number of nitrogens with zero attached hydrogens (tertiary/aromatic N) is 2. The minimum atomic E-state index is -0.995. The Morgan fingerprint density at radius 1 is 1.19 bits per heavy atom. The van der Waals surface area contributed by atoms with Crippen molar-refractivity contribution in [2.45, 2.75) is 26.2 Å². The third kappa shape index (κ3) is 4.56. The fourth-order valence-corrected chi connectivity index (χ4v) is 2.58. The highest BCUT2D eigenvalue weighted by atomic mass is 16.4. The highest BCUT2D eigenvalue weighted by Crippen LogP contribution is 2.17. The number of carbonyl (C=O) groups is 2. The van der Waals surface area contributed by atoms with E-state index in [0.717, 1.165) is 18.7 Å². The van der Waals surface area contributed by atoms with Gasteiger partial charge in [-0.2, -0.15) is 0 Å². The zero-order valence-corrected chi connectivity index (χ0v) is 12.4. The summed E-state index contributed by atoms with van der Waals surface area (Å²) in [4.78, 5) is 27.0. The van der Waals surface area contributed by atoms with Crippen LogP contribution in [0.3, 0.4) is 0 Å². The molecule has 2 rings (SSSR count). The van der Waals surface area contributed by atoms with Gasteiger partial charge in [-0.25, -0.2) is 0 Å². The third-order valence-electron chi connectivity index (χ3n) is 3.78. The van der Waals surface area contributed by atoms with Crippen LogP contribution >= 0.6 is 0 Å². The maximum absolute atomic E-state index is 12.4. The Morgan fingerprint density at radius 2 is 1.81 bits per heavy atom. The van der Waals surface area contributed by atoms with Crippen LogP contribution in [0.1, 0.15) is 24.8 Å². The van der Waals surface area contributed by atoms with Crippen LogP contribution < -0.4 is 4.90 Å². The van der Waals surface area contributed by atoms with Crippen molar-refractivity contribution >= 4 is 17.6 Å². The molecule has 1 aliphatic rings. The van der Waals surface area contributed by atoms with E-state index in [-0.39, 0.29) is 12.5 Å². The number of carbonyl (C=O) groups excluding carboxylic acids is 1. The van der Waals surface area contributed by atoms with E-state index in [4.69, 9.17) is 5.11 Å². The summed E-state index contributed by atoms with van der Waals surface area (Å²) in [6, 6.07) is 7.37. The number of hydrogen-bond donors (Lipinski definition) is 1. The number of benzene rings is 1. The summed E-state index contributed by atoms with van der Waals surface area (Å²) in [7, 11) is 0. The molecule has 0 bridgehead atoms. The van der Waals surface area contributed by atoms with Gasteiger partial charge in [0.15, 0.2) is 0 Å². The first-order chi connectivity index (χ1) is 10.1. The Kier molecular flexibility index (Phi) is 5.33. The SMILES string of the molecule is Cc1ccc(N(CC(=O)O)C(=O)CCN2CCCC2)cc1. The van der Waals surface area contributed by atoms with Crippen LogP contribution in [-0.2, 0) is 9.59 Å². The first kappa shape index (κ1) is 15.5. The molecule has 21 heavy (non-hydrogen) atoms. The van der Waals surface area contributed by atoms with E-state index in [0.29, 0.717) is 18.7 Å². The Labute approximate surface area is 125 Å². The second-order valence-electron chi connectivity index (χ2n) is 5.51. The molecular weight excluding hydrogens is 268 g/mol. The van der Waals surface area contributed by atoms with E-state index in [1.54, 1.807) is 12.1 Å². The average molecular weight is 290 g/mol. The number of likely N-dealkylation sites (tertiary alicyclic amines) is 1. The van der Waals surface area contributed by atoms with E-state index in [1.807, 2.05) is 19.1 Å². The van der Waals surface area contributed by atoms with Crippen molar-refractivity contribution in [3.05, 3.63) is 29.8 Å². The standard InChI is InChI=1S/C16H22N2O3/c1-13-4-6-14(7-5-13)18(12-16(20)21)15(19)8-11-17-9-2-3-10-17/h4-7H,2-3,8-12H2,1H3,(H,20,21). The Bertz CT molecular complexity index is 493. The first-order valence-electron chi connectivity index (χ1n) is 7.37. The number of amides is 1. The fourth-order valence-electron chi connectivity index (χ4n) is 2.58. The van der Waals surface area contributed by atoms with Crippen molar-refractivity contribution < 1.29 is 14.7 Å². The van der Waals surface area contributed by atoms with Crippen molar-refractivity contribution in [2.75, 3.05) is 31.1 Å². The molecule has 0 spiro atoms. The van der Waals surface area contributed by atoms with Gasteiger partial charge in [0.05, 0.1) is 0 Å². The molecule has 1 saturated heterocycles. The Hall–Kier alpha value is -1.88. The van der Waals surface area contributed by atoms with E-state index in [9.17, 15) is 9.59 Å². The van der Waals surface area contributed by atoms with Crippen LogP contribution in [0.5, 0.6) is 0 Å². The predicted molar refractivity (Wildman–Crippen MR) is 81.5 cm³/mol. The predicted octanol–water partition coefficient (Wildman–Crippen LogP) is 1.90. The van der Waals surface area contributed by atoms with Gasteiger partial charge in [0.1, 0.15) is 6.54 Å². The minimum absolute atomic E-state index is 0.131. The molecule has 0 aromatic heterocycles. The molecule has 1 fully saturated rings. The number of carboxylic acids is 1. The van der Waals surface area contributed by atoms with Crippen LogP contribution in [-0.4, -0.2) is 48.1 Å². The quantitative estimate of drug-likeness (QED) is 0.869. The molecule has 0 saturated carbocycles. The lowest BCUT2D eigenvalue weighted by molar-refractivity contribution is -0.136. The molecule has 1 heterocycles. The van der Waals surface area contributed by atoms with Gasteiger partial charge in [0.2, 0.25) is 5.91 Å². The molecule has 1 aromatic carbocycles. The Balaban J connectivity index is 2.01. The van der Waals surface area contributed by atoms with E-state index in [1.165, 1.54) is 17.7 Å². The van der Waals surface area contributed by atoms with Crippen molar-refractivity contribution in [3.63, 3.8) is 0 Å². The molecule has 0 aliphatic carbocycles.